The fraction of sp³-hybridized carbons (Fsp3) is 0.312. The highest BCUT2D eigenvalue weighted by atomic mass is 16.5. The summed E-state index contributed by atoms with van der Waals surface area (Å²) in [6, 6.07) is 5.13. The van der Waals surface area contributed by atoms with Crippen LogP contribution in [0.2, 0.25) is 0 Å². The maximum atomic E-state index is 12.1. The second-order valence-corrected chi connectivity index (χ2v) is 5.03. The Morgan fingerprint density at radius 2 is 2.00 bits per heavy atom. The molecular weight excluding hydrogens is 240 g/mol. The van der Waals surface area contributed by atoms with Gasteiger partial charge < -0.3 is 9.15 Å². The molecule has 1 heterocycles. The van der Waals surface area contributed by atoms with Gasteiger partial charge in [0.1, 0.15) is 17.1 Å². The van der Waals surface area contributed by atoms with E-state index in [9.17, 15) is 4.79 Å². The first kappa shape index (κ1) is 13.2. The summed E-state index contributed by atoms with van der Waals surface area (Å²) in [5.74, 6) is 3.76. The molecule has 1 aromatic heterocycles. The number of benzene rings is 1. The molecule has 0 N–H and O–H groups in total. The highest BCUT2D eigenvalue weighted by Gasteiger charge is 2.16. The summed E-state index contributed by atoms with van der Waals surface area (Å²) in [5.41, 5.74) is 0.429. The predicted octanol–water partition coefficient (Wildman–Crippen LogP) is 3.20. The molecule has 0 aliphatic rings. The lowest BCUT2D eigenvalue weighted by molar-refractivity contribution is 0.172. The monoisotopic (exact) mass is 256 g/mol. The van der Waals surface area contributed by atoms with E-state index in [1.165, 1.54) is 0 Å². The predicted molar refractivity (Wildman–Crippen MR) is 75.5 cm³/mol. The van der Waals surface area contributed by atoms with Crippen molar-refractivity contribution in [1.82, 2.24) is 0 Å². The van der Waals surface area contributed by atoms with Crippen LogP contribution in [0.3, 0.4) is 0 Å². The lowest BCUT2D eigenvalue weighted by atomic mass is 10.1. The van der Waals surface area contributed by atoms with Crippen LogP contribution < -0.4 is 10.2 Å². The van der Waals surface area contributed by atoms with E-state index in [1.807, 2.05) is 0 Å². The molecular formula is C16H16O3. The molecule has 0 saturated carbocycles. The van der Waals surface area contributed by atoms with Gasteiger partial charge in [-0.05, 0) is 39.8 Å². The maximum Gasteiger partial charge on any atom is 0.195 e. The summed E-state index contributed by atoms with van der Waals surface area (Å²) < 4.78 is 11.3. The SMILES string of the molecule is C#CC(C)(C)Oc1ccc2c(=O)c(C)c(C)oc2c1. The van der Waals surface area contributed by atoms with Gasteiger partial charge >= 0.3 is 0 Å². The molecule has 0 aliphatic carbocycles. The molecule has 0 amide bonds. The second-order valence-electron chi connectivity index (χ2n) is 5.03. The number of terminal acetylenes is 1. The second kappa shape index (κ2) is 4.47. The van der Waals surface area contributed by atoms with Crippen LogP contribution in [0.25, 0.3) is 11.0 Å². The van der Waals surface area contributed by atoms with E-state index >= 15 is 0 Å². The van der Waals surface area contributed by atoms with E-state index in [0.29, 0.717) is 28.0 Å². The highest BCUT2D eigenvalue weighted by molar-refractivity contribution is 5.78. The van der Waals surface area contributed by atoms with Gasteiger partial charge in [0, 0.05) is 11.6 Å². The summed E-state index contributed by atoms with van der Waals surface area (Å²) in [7, 11) is 0. The molecule has 3 nitrogen and oxygen atoms in total. The number of ether oxygens (including phenoxy) is 1. The molecule has 0 saturated heterocycles. The first-order chi connectivity index (χ1) is 8.84. The fourth-order valence-electron chi connectivity index (χ4n) is 1.77. The summed E-state index contributed by atoms with van der Waals surface area (Å²) in [5, 5.41) is 0.550. The van der Waals surface area contributed by atoms with E-state index in [0.717, 1.165) is 0 Å². The van der Waals surface area contributed by atoms with Crippen LogP contribution in [0.1, 0.15) is 25.2 Å². The first-order valence-corrected chi connectivity index (χ1v) is 6.05. The van der Waals surface area contributed by atoms with Gasteiger partial charge in [-0.1, -0.05) is 5.92 Å². The number of aryl methyl sites for hydroxylation is 1. The van der Waals surface area contributed by atoms with Crippen molar-refractivity contribution in [2.75, 3.05) is 0 Å². The zero-order valence-electron chi connectivity index (χ0n) is 11.5. The Morgan fingerprint density at radius 1 is 1.32 bits per heavy atom. The number of rotatable bonds is 2. The Hall–Kier alpha value is -2.21. The van der Waals surface area contributed by atoms with Crippen molar-refractivity contribution in [2.24, 2.45) is 0 Å². The van der Waals surface area contributed by atoms with Gasteiger partial charge in [0.2, 0.25) is 0 Å². The molecule has 98 valence electrons. The molecule has 0 fully saturated rings. The molecule has 19 heavy (non-hydrogen) atoms. The first-order valence-electron chi connectivity index (χ1n) is 6.05. The van der Waals surface area contributed by atoms with Gasteiger partial charge in [-0.2, -0.15) is 0 Å². The topological polar surface area (TPSA) is 39.4 Å². The number of fused-ring (bicyclic) bond motifs is 1. The minimum atomic E-state index is -0.701. The average Bonchev–Trinajstić information content (AvgIpc) is 2.35. The summed E-state index contributed by atoms with van der Waals surface area (Å²) in [4.78, 5) is 12.1. The van der Waals surface area contributed by atoms with E-state index in [1.54, 1.807) is 45.9 Å². The zero-order chi connectivity index (χ0) is 14.2. The molecule has 2 aromatic rings. The fourth-order valence-corrected chi connectivity index (χ4v) is 1.77. The van der Waals surface area contributed by atoms with E-state index in [-0.39, 0.29) is 5.43 Å². The van der Waals surface area contributed by atoms with Gasteiger partial charge in [0.25, 0.3) is 0 Å². The Kier molecular flexibility index (Phi) is 3.11. The molecule has 3 heteroatoms. The molecule has 2 rings (SSSR count). The van der Waals surface area contributed by atoms with Crippen molar-refractivity contribution in [2.45, 2.75) is 33.3 Å². The third-order valence-electron chi connectivity index (χ3n) is 3.05. The molecule has 0 spiro atoms. The Morgan fingerprint density at radius 3 is 2.63 bits per heavy atom. The molecule has 1 aromatic carbocycles. The van der Waals surface area contributed by atoms with Gasteiger partial charge in [-0.3, -0.25) is 4.79 Å². The summed E-state index contributed by atoms with van der Waals surface area (Å²) in [6.07, 6.45) is 5.39. The van der Waals surface area contributed by atoms with Gasteiger partial charge in [-0.25, -0.2) is 0 Å². The molecule has 0 bridgehead atoms. The Balaban J connectivity index is 2.57. The Bertz CT molecular complexity index is 730. The zero-order valence-corrected chi connectivity index (χ0v) is 11.5. The molecule has 0 atom stereocenters. The molecule has 0 radical (unpaired) electrons. The van der Waals surface area contributed by atoms with E-state index in [2.05, 4.69) is 5.92 Å². The van der Waals surface area contributed by atoms with Crippen LogP contribution in [0.5, 0.6) is 5.75 Å². The van der Waals surface area contributed by atoms with Crippen molar-refractivity contribution in [3.8, 4) is 18.1 Å². The van der Waals surface area contributed by atoms with Crippen LogP contribution in [0.4, 0.5) is 0 Å². The van der Waals surface area contributed by atoms with Crippen molar-refractivity contribution < 1.29 is 9.15 Å². The summed E-state index contributed by atoms with van der Waals surface area (Å²) >= 11 is 0. The minimum Gasteiger partial charge on any atom is -0.475 e. The quantitative estimate of drug-likeness (QED) is 0.774. The minimum absolute atomic E-state index is 0.0125. The van der Waals surface area contributed by atoms with Crippen LogP contribution in [0, 0.1) is 26.2 Å². The van der Waals surface area contributed by atoms with E-state index < -0.39 is 5.60 Å². The molecule has 0 aliphatic heterocycles. The third-order valence-corrected chi connectivity index (χ3v) is 3.05. The summed E-state index contributed by atoms with van der Waals surface area (Å²) in [6.45, 7) is 7.13. The van der Waals surface area contributed by atoms with Crippen LogP contribution in [-0.4, -0.2) is 5.60 Å². The van der Waals surface area contributed by atoms with Gasteiger partial charge in [0.05, 0.1) is 5.39 Å². The smallest absolute Gasteiger partial charge is 0.195 e. The Labute approximate surface area is 112 Å². The van der Waals surface area contributed by atoms with Crippen LogP contribution in [0.15, 0.2) is 27.4 Å². The van der Waals surface area contributed by atoms with Gasteiger partial charge in [-0.15, -0.1) is 6.42 Å². The van der Waals surface area contributed by atoms with Gasteiger partial charge in [0.15, 0.2) is 11.0 Å². The average molecular weight is 256 g/mol. The lowest BCUT2D eigenvalue weighted by Crippen LogP contribution is -2.25. The van der Waals surface area contributed by atoms with Crippen molar-refractivity contribution in [3.05, 3.63) is 39.7 Å². The normalized spacial score (nSPS) is 11.3. The lowest BCUT2D eigenvalue weighted by Gasteiger charge is -2.20. The van der Waals surface area contributed by atoms with Crippen LogP contribution >= 0.6 is 0 Å². The maximum absolute atomic E-state index is 12.1. The van der Waals surface area contributed by atoms with Crippen molar-refractivity contribution in [3.63, 3.8) is 0 Å². The van der Waals surface area contributed by atoms with Crippen LogP contribution in [-0.2, 0) is 0 Å². The van der Waals surface area contributed by atoms with Crippen molar-refractivity contribution >= 4 is 11.0 Å². The number of hydrogen-bond donors (Lipinski definition) is 0. The molecule has 0 unspecified atom stereocenters. The van der Waals surface area contributed by atoms with Crippen molar-refractivity contribution in [1.29, 1.82) is 0 Å². The largest absolute Gasteiger partial charge is 0.475 e. The standard InChI is InChI=1S/C16H16O3/c1-6-16(4,5)19-12-7-8-13-14(9-12)18-11(3)10(2)15(13)17/h1,7-9H,2-5H3. The number of hydrogen-bond acceptors (Lipinski definition) is 3. The third kappa shape index (κ3) is 2.48. The highest BCUT2D eigenvalue weighted by Crippen LogP contribution is 2.23. The van der Waals surface area contributed by atoms with E-state index in [4.69, 9.17) is 15.6 Å².